The molecule has 27 heavy (non-hydrogen) atoms. The third kappa shape index (κ3) is 6.77. The van der Waals surface area contributed by atoms with Crippen molar-refractivity contribution in [3.05, 3.63) is 71.5 Å². The Morgan fingerprint density at radius 3 is 2.37 bits per heavy atom. The van der Waals surface area contributed by atoms with Crippen molar-refractivity contribution in [1.29, 1.82) is 0 Å². The number of hydrogen-bond donors (Lipinski definition) is 3. The Hall–Kier alpha value is -3.42. The van der Waals surface area contributed by atoms with Crippen LogP contribution in [0.25, 0.3) is 0 Å². The predicted molar refractivity (Wildman–Crippen MR) is 95.9 cm³/mol. The van der Waals surface area contributed by atoms with Crippen LogP contribution in [-0.4, -0.2) is 30.6 Å². The Morgan fingerprint density at radius 2 is 1.70 bits per heavy atom. The number of benzene rings is 2. The Labute approximate surface area is 155 Å². The molecule has 7 nitrogen and oxygen atoms in total. The summed E-state index contributed by atoms with van der Waals surface area (Å²) in [4.78, 5) is 35.1. The number of halogens is 1. The third-order valence-corrected chi connectivity index (χ3v) is 3.66. The number of carbonyl (C=O) groups excluding carboxylic acids is 3. The molecule has 142 valence electrons. The van der Waals surface area contributed by atoms with Crippen molar-refractivity contribution < 1.29 is 23.5 Å². The van der Waals surface area contributed by atoms with Gasteiger partial charge in [-0.3, -0.25) is 4.79 Å². The first-order valence-electron chi connectivity index (χ1n) is 8.22. The number of ether oxygens (including phenoxy) is 1. The molecule has 0 bridgehead atoms. The van der Waals surface area contributed by atoms with Crippen molar-refractivity contribution in [2.24, 2.45) is 5.73 Å². The fourth-order valence-corrected chi connectivity index (χ4v) is 2.34. The maximum absolute atomic E-state index is 13.5. The average Bonchev–Trinajstić information content (AvgIpc) is 2.65. The molecule has 2 aromatic rings. The molecule has 4 N–H and O–H groups in total. The van der Waals surface area contributed by atoms with Crippen molar-refractivity contribution in [1.82, 2.24) is 10.6 Å². The van der Waals surface area contributed by atoms with E-state index in [-0.39, 0.29) is 13.0 Å². The van der Waals surface area contributed by atoms with Crippen LogP contribution in [0.2, 0.25) is 0 Å². The van der Waals surface area contributed by atoms with Crippen molar-refractivity contribution in [3.8, 4) is 0 Å². The lowest BCUT2D eigenvalue weighted by molar-refractivity contribution is -0.150. The minimum atomic E-state index is -1.02. The topological polar surface area (TPSA) is 111 Å². The van der Waals surface area contributed by atoms with Crippen LogP contribution < -0.4 is 16.4 Å². The lowest BCUT2D eigenvalue weighted by Gasteiger charge is -2.16. The van der Waals surface area contributed by atoms with Crippen LogP contribution in [0.1, 0.15) is 11.1 Å². The van der Waals surface area contributed by atoms with E-state index in [1.807, 2.05) is 6.07 Å². The predicted octanol–water partition coefficient (Wildman–Crippen LogP) is 1.26. The van der Waals surface area contributed by atoms with E-state index in [0.717, 1.165) is 5.56 Å². The number of amides is 3. The highest BCUT2D eigenvalue weighted by atomic mass is 19.1. The van der Waals surface area contributed by atoms with Crippen LogP contribution in [0, 0.1) is 5.82 Å². The first-order chi connectivity index (χ1) is 13.0. The van der Waals surface area contributed by atoms with E-state index in [1.165, 1.54) is 12.1 Å². The van der Waals surface area contributed by atoms with Gasteiger partial charge in [0.05, 0.1) is 0 Å². The number of rotatable bonds is 8. The summed E-state index contributed by atoms with van der Waals surface area (Å²) >= 11 is 0. The summed E-state index contributed by atoms with van der Waals surface area (Å²) in [5.41, 5.74) is 6.20. The summed E-state index contributed by atoms with van der Waals surface area (Å²) in [5, 5.41) is 4.76. The molecule has 2 aromatic carbocycles. The second-order valence-corrected chi connectivity index (χ2v) is 5.73. The summed E-state index contributed by atoms with van der Waals surface area (Å²) < 4.78 is 18.4. The van der Waals surface area contributed by atoms with Gasteiger partial charge in [-0.1, -0.05) is 48.5 Å². The minimum absolute atomic E-state index is 0.0317. The number of nitrogens with two attached hydrogens (primary N) is 1. The zero-order chi connectivity index (χ0) is 19.6. The Morgan fingerprint density at radius 1 is 1.04 bits per heavy atom. The molecule has 0 aliphatic heterocycles. The van der Waals surface area contributed by atoms with Gasteiger partial charge in [0.2, 0.25) is 0 Å². The van der Waals surface area contributed by atoms with Gasteiger partial charge in [0.1, 0.15) is 11.9 Å². The Balaban J connectivity index is 1.85. The molecule has 0 aliphatic rings. The highest BCUT2D eigenvalue weighted by Gasteiger charge is 2.22. The molecular weight excluding hydrogens is 353 g/mol. The Kier molecular flexibility index (Phi) is 7.30. The summed E-state index contributed by atoms with van der Waals surface area (Å²) in [6.07, 6.45) is 0.166. The zero-order valence-electron chi connectivity index (χ0n) is 14.5. The largest absolute Gasteiger partial charge is 0.454 e. The van der Waals surface area contributed by atoms with Crippen LogP contribution in [0.5, 0.6) is 0 Å². The molecule has 3 amide bonds. The molecule has 0 saturated carbocycles. The van der Waals surface area contributed by atoms with E-state index in [0.29, 0.717) is 5.56 Å². The van der Waals surface area contributed by atoms with Crippen molar-refractivity contribution in [2.75, 3.05) is 6.61 Å². The number of esters is 1. The van der Waals surface area contributed by atoms with Gasteiger partial charge in [0.25, 0.3) is 5.91 Å². The molecule has 1 atom stereocenters. The molecule has 0 heterocycles. The van der Waals surface area contributed by atoms with Gasteiger partial charge >= 0.3 is 12.0 Å². The van der Waals surface area contributed by atoms with Crippen molar-refractivity contribution >= 4 is 17.9 Å². The smallest absolute Gasteiger partial charge is 0.329 e. The van der Waals surface area contributed by atoms with Gasteiger partial charge in [0.15, 0.2) is 6.61 Å². The SMILES string of the molecule is NC(=O)N[C@@H](Cc1ccccc1)C(=O)OCC(=O)NCc1ccccc1F. The summed E-state index contributed by atoms with van der Waals surface area (Å²) in [7, 11) is 0. The van der Waals surface area contributed by atoms with Gasteiger partial charge in [0, 0.05) is 18.5 Å². The van der Waals surface area contributed by atoms with Gasteiger partial charge < -0.3 is 21.1 Å². The molecule has 0 saturated heterocycles. The summed E-state index contributed by atoms with van der Waals surface area (Å²) in [6, 6.07) is 13.1. The van der Waals surface area contributed by atoms with Crippen LogP contribution in [-0.2, 0) is 27.3 Å². The zero-order valence-corrected chi connectivity index (χ0v) is 14.5. The van der Waals surface area contributed by atoms with E-state index < -0.39 is 36.4 Å². The standard InChI is InChI=1S/C19H20FN3O4/c20-15-9-5-4-8-14(15)11-22-17(24)12-27-18(25)16(23-19(21)26)10-13-6-2-1-3-7-13/h1-9,16H,10-12H2,(H,22,24)(H3,21,23,26)/t16-/m0/s1. The number of nitrogens with one attached hydrogen (secondary N) is 2. The number of carbonyl (C=O) groups is 3. The lowest BCUT2D eigenvalue weighted by Crippen LogP contribution is -2.46. The number of urea groups is 1. The van der Waals surface area contributed by atoms with E-state index in [1.54, 1.807) is 36.4 Å². The molecule has 0 unspecified atom stereocenters. The first-order valence-corrected chi connectivity index (χ1v) is 8.22. The monoisotopic (exact) mass is 373 g/mol. The maximum atomic E-state index is 13.5. The third-order valence-electron chi connectivity index (χ3n) is 3.66. The second-order valence-electron chi connectivity index (χ2n) is 5.73. The quantitative estimate of drug-likeness (QED) is 0.605. The number of hydrogen-bond acceptors (Lipinski definition) is 4. The van der Waals surface area contributed by atoms with Gasteiger partial charge in [-0.15, -0.1) is 0 Å². The Bertz CT molecular complexity index is 799. The fourth-order valence-electron chi connectivity index (χ4n) is 2.34. The van der Waals surface area contributed by atoms with Gasteiger partial charge in [-0.05, 0) is 11.6 Å². The molecule has 0 spiro atoms. The van der Waals surface area contributed by atoms with Gasteiger partial charge in [-0.25, -0.2) is 14.0 Å². The fraction of sp³-hybridized carbons (Fsp3) is 0.211. The lowest BCUT2D eigenvalue weighted by atomic mass is 10.1. The molecule has 0 fully saturated rings. The van der Waals surface area contributed by atoms with E-state index >= 15 is 0 Å². The van der Waals surface area contributed by atoms with E-state index in [2.05, 4.69) is 10.6 Å². The summed E-state index contributed by atoms with van der Waals surface area (Å²) in [6.45, 7) is -0.588. The van der Waals surface area contributed by atoms with Crippen LogP contribution in [0.4, 0.5) is 9.18 Å². The van der Waals surface area contributed by atoms with Crippen molar-refractivity contribution in [2.45, 2.75) is 19.0 Å². The highest BCUT2D eigenvalue weighted by Crippen LogP contribution is 2.06. The van der Waals surface area contributed by atoms with Crippen LogP contribution >= 0.6 is 0 Å². The van der Waals surface area contributed by atoms with E-state index in [9.17, 15) is 18.8 Å². The van der Waals surface area contributed by atoms with Gasteiger partial charge in [-0.2, -0.15) is 0 Å². The molecule has 2 rings (SSSR count). The van der Waals surface area contributed by atoms with E-state index in [4.69, 9.17) is 10.5 Å². The molecular formula is C19H20FN3O4. The molecule has 0 radical (unpaired) electrons. The van der Waals surface area contributed by atoms with Crippen molar-refractivity contribution in [3.63, 3.8) is 0 Å². The maximum Gasteiger partial charge on any atom is 0.329 e. The highest BCUT2D eigenvalue weighted by molar-refractivity contribution is 5.85. The summed E-state index contributed by atoms with van der Waals surface area (Å²) in [5.74, 6) is -1.83. The average molecular weight is 373 g/mol. The minimum Gasteiger partial charge on any atom is -0.454 e. The first kappa shape index (κ1) is 19.9. The normalized spacial score (nSPS) is 11.3. The second kappa shape index (κ2) is 9.91. The molecule has 8 heteroatoms. The van der Waals surface area contributed by atoms with Crippen LogP contribution in [0.15, 0.2) is 54.6 Å². The number of primary amides is 1. The molecule has 0 aromatic heterocycles. The molecule has 0 aliphatic carbocycles. The van der Waals surface area contributed by atoms with Crippen LogP contribution in [0.3, 0.4) is 0 Å².